The Morgan fingerprint density at radius 1 is 1.53 bits per heavy atom. The number of carboxylic acid groups (broad SMARTS) is 1. The van der Waals surface area contributed by atoms with Crippen molar-refractivity contribution in [3.05, 3.63) is 44.6 Å². The number of aromatic carboxylic acids is 1. The number of anilines is 1. The van der Waals surface area contributed by atoms with E-state index in [4.69, 9.17) is 5.11 Å². The van der Waals surface area contributed by atoms with E-state index >= 15 is 0 Å². The second-order valence-electron chi connectivity index (χ2n) is 3.75. The van der Waals surface area contributed by atoms with Crippen LogP contribution < -0.4 is 5.32 Å². The first-order valence-electron chi connectivity index (χ1n) is 5.42. The number of hydrogen-bond acceptors (Lipinski definition) is 4. The molecule has 0 unspecified atom stereocenters. The second-order valence-corrected chi connectivity index (χ2v) is 5.26. The maximum Gasteiger partial charge on any atom is 0.336 e. The van der Waals surface area contributed by atoms with Crippen LogP contribution in [0.3, 0.4) is 0 Å². The van der Waals surface area contributed by atoms with Gasteiger partial charge in [-0.2, -0.15) is 0 Å². The van der Waals surface area contributed by atoms with Crippen LogP contribution in [0.4, 0.5) is 10.1 Å². The zero-order chi connectivity index (χ0) is 13.8. The molecule has 100 valence electrons. The van der Waals surface area contributed by atoms with Crippen molar-refractivity contribution in [3.63, 3.8) is 0 Å². The predicted octanol–water partition coefficient (Wildman–Crippen LogP) is 3.40. The summed E-state index contributed by atoms with van der Waals surface area (Å²) >= 11 is 4.47. The molecule has 0 spiro atoms. The molecule has 2 rings (SSSR count). The molecule has 0 aliphatic rings. The van der Waals surface area contributed by atoms with Crippen LogP contribution in [0.15, 0.2) is 27.5 Å². The van der Waals surface area contributed by atoms with Crippen LogP contribution >= 0.6 is 27.3 Å². The van der Waals surface area contributed by atoms with Gasteiger partial charge in [0.1, 0.15) is 0 Å². The lowest BCUT2D eigenvalue weighted by atomic mass is 10.2. The monoisotopic (exact) mass is 344 g/mol. The van der Waals surface area contributed by atoms with Crippen LogP contribution in [0.5, 0.6) is 0 Å². The Balaban J connectivity index is 2.05. The minimum absolute atomic E-state index is 0.0429. The number of hydrogen-bond donors (Lipinski definition) is 2. The maximum atomic E-state index is 13.9. The molecule has 0 atom stereocenters. The van der Waals surface area contributed by atoms with E-state index in [9.17, 15) is 9.18 Å². The third-order valence-corrected chi connectivity index (χ3v) is 3.90. The third kappa shape index (κ3) is 3.30. The van der Waals surface area contributed by atoms with Gasteiger partial charge in [0.25, 0.3) is 0 Å². The van der Waals surface area contributed by atoms with Crippen molar-refractivity contribution in [2.75, 3.05) is 11.9 Å². The van der Waals surface area contributed by atoms with Gasteiger partial charge in [-0.05, 0) is 28.1 Å². The summed E-state index contributed by atoms with van der Waals surface area (Å²) in [6.45, 7) is 0.527. The summed E-state index contributed by atoms with van der Waals surface area (Å²) in [6, 6.07) is 2.78. The Hall–Kier alpha value is -1.47. The Labute approximate surface area is 121 Å². The Bertz CT molecular complexity index is 590. The second kappa shape index (κ2) is 6.12. The molecule has 0 aliphatic heterocycles. The summed E-state index contributed by atoms with van der Waals surface area (Å²) in [7, 11) is 0. The van der Waals surface area contributed by atoms with Crippen molar-refractivity contribution in [3.8, 4) is 0 Å². The predicted molar refractivity (Wildman–Crippen MR) is 75.4 cm³/mol. The molecule has 1 aromatic carbocycles. The highest BCUT2D eigenvalue weighted by atomic mass is 79.9. The number of nitrogens with zero attached hydrogens (tertiary/aromatic N) is 1. The quantitative estimate of drug-likeness (QED) is 0.872. The average molecular weight is 345 g/mol. The summed E-state index contributed by atoms with van der Waals surface area (Å²) in [5.74, 6) is -1.77. The highest BCUT2D eigenvalue weighted by Crippen LogP contribution is 2.27. The number of halogens is 2. The van der Waals surface area contributed by atoms with Crippen molar-refractivity contribution >= 4 is 38.9 Å². The van der Waals surface area contributed by atoms with Gasteiger partial charge in [0, 0.05) is 18.3 Å². The molecule has 0 saturated carbocycles. The van der Waals surface area contributed by atoms with Gasteiger partial charge in [-0.1, -0.05) is 0 Å². The van der Waals surface area contributed by atoms with Crippen molar-refractivity contribution in [1.29, 1.82) is 0 Å². The number of carboxylic acids is 1. The molecule has 1 heterocycles. The van der Waals surface area contributed by atoms with Crippen LogP contribution in [-0.2, 0) is 6.42 Å². The minimum atomic E-state index is -1.17. The summed E-state index contributed by atoms with van der Waals surface area (Å²) in [5.41, 5.74) is 2.86. The SMILES string of the molecule is O=C(O)c1ccc(NCCc2cscn2)c(F)c1Br. The highest BCUT2D eigenvalue weighted by Gasteiger charge is 2.15. The Kier molecular flexibility index (Phi) is 4.49. The largest absolute Gasteiger partial charge is 0.478 e. The van der Waals surface area contributed by atoms with Crippen LogP contribution in [0, 0.1) is 5.82 Å². The number of nitrogens with one attached hydrogen (secondary N) is 1. The smallest absolute Gasteiger partial charge is 0.336 e. The molecule has 19 heavy (non-hydrogen) atoms. The first-order valence-corrected chi connectivity index (χ1v) is 7.15. The van der Waals surface area contributed by atoms with Crippen LogP contribution in [0.25, 0.3) is 0 Å². The van der Waals surface area contributed by atoms with Gasteiger partial charge < -0.3 is 10.4 Å². The molecule has 4 nitrogen and oxygen atoms in total. The molecular weight excluding hydrogens is 335 g/mol. The summed E-state index contributed by atoms with van der Waals surface area (Å²) in [6.07, 6.45) is 0.682. The van der Waals surface area contributed by atoms with Gasteiger partial charge in [-0.3, -0.25) is 0 Å². The van der Waals surface area contributed by atoms with Gasteiger partial charge in [0.15, 0.2) is 5.82 Å². The van der Waals surface area contributed by atoms with Gasteiger partial charge in [-0.15, -0.1) is 11.3 Å². The molecule has 1 aromatic heterocycles. The molecular formula is C12H10BrFN2O2S. The van der Waals surface area contributed by atoms with Crippen molar-refractivity contribution in [1.82, 2.24) is 4.98 Å². The van der Waals surface area contributed by atoms with E-state index in [1.165, 1.54) is 23.5 Å². The number of carbonyl (C=O) groups is 1. The van der Waals surface area contributed by atoms with Crippen molar-refractivity contribution < 1.29 is 14.3 Å². The number of rotatable bonds is 5. The Morgan fingerprint density at radius 3 is 2.95 bits per heavy atom. The zero-order valence-electron chi connectivity index (χ0n) is 9.69. The molecule has 0 aliphatic carbocycles. The summed E-state index contributed by atoms with van der Waals surface area (Å²) < 4.78 is 13.9. The lowest BCUT2D eigenvalue weighted by Crippen LogP contribution is -2.08. The van der Waals surface area contributed by atoms with E-state index in [0.29, 0.717) is 13.0 Å². The topological polar surface area (TPSA) is 62.2 Å². The minimum Gasteiger partial charge on any atom is -0.478 e. The van der Waals surface area contributed by atoms with Crippen LogP contribution in [0.1, 0.15) is 16.1 Å². The molecule has 7 heteroatoms. The van der Waals surface area contributed by atoms with E-state index in [0.717, 1.165) is 5.69 Å². The van der Waals surface area contributed by atoms with Gasteiger partial charge in [0.05, 0.1) is 26.9 Å². The van der Waals surface area contributed by atoms with E-state index in [1.54, 1.807) is 5.51 Å². The maximum absolute atomic E-state index is 13.9. The van der Waals surface area contributed by atoms with E-state index in [1.807, 2.05) is 5.38 Å². The van der Waals surface area contributed by atoms with Crippen molar-refractivity contribution in [2.45, 2.75) is 6.42 Å². The van der Waals surface area contributed by atoms with Gasteiger partial charge in [0.2, 0.25) is 0 Å². The van der Waals surface area contributed by atoms with Gasteiger partial charge in [-0.25, -0.2) is 14.2 Å². The highest BCUT2D eigenvalue weighted by molar-refractivity contribution is 9.10. The molecule has 0 fully saturated rings. The number of benzene rings is 1. The van der Waals surface area contributed by atoms with E-state index in [2.05, 4.69) is 26.2 Å². The Morgan fingerprint density at radius 2 is 2.32 bits per heavy atom. The molecule has 0 amide bonds. The van der Waals surface area contributed by atoms with Gasteiger partial charge >= 0.3 is 5.97 Å². The van der Waals surface area contributed by atoms with Crippen LogP contribution in [0.2, 0.25) is 0 Å². The van der Waals surface area contributed by atoms with Crippen molar-refractivity contribution in [2.24, 2.45) is 0 Å². The first kappa shape index (κ1) is 14.0. The average Bonchev–Trinajstić information content (AvgIpc) is 2.87. The zero-order valence-corrected chi connectivity index (χ0v) is 12.1. The summed E-state index contributed by atoms with van der Waals surface area (Å²) in [4.78, 5) is 15.0. The molecule has 0 saturated heterocycles. The first-order chi connectivity index (χ1) is 9.09. The fourth-order valence-electron chi connectivity index (χ4n) is 1.54. The molecule has 0 radical (unpaired) electrons. The lowest BCUT2D eigenvalue weighted by molar-refractivity contribution is 0.0695. The fraction of sp³-hybridized carbons (Fsp3) is 0.167. The van der Waals surface area contributed by atoms with E-state index in [-0.39, 0.29) is 15.7 Å². The molecule has 0 bridgehead atoms. The molecule has 2 N–H and O–H groups in total. The normalized spacial score (nSPS) is 10.4. The lowest BCUT2D eigenvalue weighted by Gasteiger charge is -2.09. The number of aromatic nitrogens is 1. The summed E-state index contributed by atoms with van der Waals surface area (Å²) in [5, 5.41) is 13.7. The fourth-order valence-corrected chi connectivity index (χ4v) is 2.65. The van der Waals surface area contributed by atoms with E-state index < -0.39 is 11.8 Å². The molecule has 2 aromatic rings. The van der Waals surface area contributed by atoms with Crippen LogP contribution in [-0.4, -0.2) is 22.6 Å². The third-order valence-electron chi connectivity index (χ3n) is 2.49. The standard InChI is InChI=1S/C12H10BrFN2O2S/c13-10-8(12(17)18)1-2-9(11(10)14)15-4-3-7-5-19-6-16-7/h1-2,5-6,15H,3-4H2,(H,17,18). The number of thiazole rings is 1.